The van der Waals surface area contributed by atoms with Gasteiger partial charge in [-0.25, -0.2) is 9.78 Å². The van der Waals surface area contributed by atoms with Gasteiger partial charge in [-0.05, 0) is 37.6 Å². The highest BCUT2D eigenvalue weighted by molar-refractivity contribution is 5.92. The molecule has 1 saturated carbocycles. The molecule has 1 N–H and O–H groups in total. The summed E-state index contributed by atoms with van der Waals surface area (Å²) in [6, 6.07) is 5.83. The Morgan fingerprint density at radius 2 is 2.30 bits per heavy atom. The van der Waals surface area contributed by atoms with Crippen LogP contribution in [-0.4, -0.2) is 44.7 Å². The summed E-state index contributed by atoms with van der Waals surface area (Å²) in [5.41, 5.74) is 2.06. The molecule has 0 unspecified atom stereocenters. The molecule has 5 heteroatoms. The molecule has 106 valence electrons. The Balaban J connectivity index is 1.80. The minimum atomic E-state index is -0.896. The van der Waals surface area contributed by atoms with E-state index in [0.717, 1.165) is 36.7 Å². The number of rotatable bonds is 6. The van der Waals surface area contributed by atoms with Gasteiger partial charge in [-0.1, -0.05) is 6.92 Å². The van der Waals surface area contributed by atoms with Crippen molar-refractivity contribution >= 4 is 17.0 Å². The standard InChI is InChI=1S/C15H19N3O2/c1-2-17(12-4-5-12)7-8-18-10-16-13-6-3-11(15(19)20)9-14(13)18/h3,6,9-10,12H,2,4-5,7-8H2,1H3,(H,19,20). The molecule has 0 aliphatic heterocycles. The SMILES string of the molecule is CCN(CCn1cnc2ccc(C(=O)O)cc21)C1CC1. The first kappa shape index (κ1) is 13.1. The lowest BCUT2D eigenvalue weighted by molar-refractivity contribution is 0.0697. The number of hydrogen-bond donors (Lipinski definition) is 1. The fourth-order valence-electron chi connectivity index (χ4n) is 2.64. The average Bonchev–Trinajstić information content (AvgIpc) is 3.20. The van der Waals surface area contributed by atoms with Crippen LogP contribution >= 0.6 is 0 Å². The molecule has 0 saturated heterocycles. The second-order valence-electron chi connectivity index (χ2n) is 5.31. The van der Waals surface area contributed by atoms with Crippen molar-refractivity contribution in [3.05, 3.63) is 30.1 Å². The summed E-state index contributed by atoms with van der Waals surface area (Å²) in [6.45, 7) is 5.10. The molecule has 0 radical (unpaired) electrons. The van der Waals surface area contributed by atoms with Gasteiger partial charge in [0.2, 0.25) is 0 Å². The fourth-order valence-corrected chi connectivity index (χ4v) is 2.64. The van der Waals surface area contributed by atoms with Gasteiger partial charge in [0.25, 0.3) is 0 Å². The summed E-state index contributed by atoms with van der Waals surface area (Å²) in [5.74, 6) is -0.896. The first-order valence-electron chi connectivity index (χ1n) is 7.11. The van der Waals surface area contributed by atoms with Crippen LogP contribution in [0.1, 0.15) is 30.1 Å². The highest BCUT2D eigenvalue weighted by atomic mass is 16.4. The molecule has 1 aliphatic rings. The van der Waals surface area contributed by atoms with Crippen molar-refractivity contribution in [2.45, 2.75) is 32.4 Å². The maximum absolute atomic E-state index is 11.0. The highest BCUT2D eigenvalue weighted by Crippen LogP contribution is 2.26. The van der Waals surface area contributed by atoms with Crippen molar-refractivity contribution in [3.63, 3.8) is 0 Å². The monoisotopic (exact) mass is 273 g/mol. The van der Waals surface area contributed by atoms with Crippen molar-refractivity contribution in [1.82, 2.24) is 14.5 Å². The lowest BCUT2D eigenvalue weighted by atomic mass is 10.2. The molecular weight excluding hydrogens is 254 g/mol. The van der Waals surface area contributed by atoms with Crippen LogP contribution in [0.2, 0.25) is 0 Å². The van der Waals surface area contributed by atoms with Gasteiger partial charge in [0, 0.05) is 19.1 Å². The maximum Gasteiger partial charge on any atom is 0.335 e. The second kappa shape index (κ2) is 5.25. The van der Waals surface area contributed by atoms with Gasteiger partial charge >= 0.3 is 5.97 Å². The van der Waals surface area contributed by atoms with Crippen LogP contribution in [0.3, 0.4) is 0 Å². The number of hydrogen-bond acceptors (Lipinski definition) is 3. The zero-order valence-corrected chi connectivity index (χ0v) is 11.6. The Morgan fingerprint density at radius 1 is 1.50 bits per heavy atom. The maximum atomic E-state index is 11.0. The van der Waals surface area contributed by atoms with Gasteiger partial charge in [0.1, 0.15) is 0 Å². The number of aromatic nitrogens is 2. The first-order chi connectivity index (χ1) is 9.69. The molecule has 0 atom stereocenters. The van der Waals surface area contributed by atoms with E-state index in [2.05, 4.69) is 16.8 Å². The summed E-state index contributed by atoms with van der Waals surface area (Å²) in [4.78, 5) is 17.9. The molecule has 20 heavy (non-hydrogen) atoms. The van der Waals surface area contributed by atoms with Crippen molar-refractivity contribution in [2.24, 2.45) is 0 Å². The molecule has 1 aromatic carbocycles. The first-order valence-corrected chi connectivity index (χ1v) is 7.11. The van der Waals surface area contributed by atoms with Gasteiger partial charge in [0.05, 0.1) is 22.9 Å². The van der Waals surface area contributed by atoms with Crippen molar-refractivity contribution in [1.29, 1.82) is 0 Å². The van der Waals surface area contributed by atoms with E-state index in [1.54, 1.807) is 24.5 Å². The van der Waals surface area contributed by atoms with E-state index in [-0.39, 0.29) is 0 Å². The number of carbonyl (C=O) groups is 1. The minimum Gasteiger partial charge on any atom is -0.478 e. The Labute approximate surface area is 117 Å². The van der Waals surface area contributed by atoms with E-state index in [1.807, 2.05) is 4.57 Å². The van der Waals surface area contributed by atoms with E-state index < -0.39 is 5.97 Å². The van der Waals surface area contributed by atoms with E-state index in [1.165, 1.54) is 12.8 Å². The molecule has 2 aromatic rings. The third-order valence-electron chi connectivity index (χ3n) is 3.97. The van der Waals surface area contributed by atoms with E-state index in [9.17, 15) is 4.79 Å². The number of aromatic carboxylic acids is 1. The van der Waals surface area contributed by atoms with Gasteiger partial charge < -0.3 is 9.67 Å². The summed E-state index contributed by atoms with van der Waals surface area (Å²) in [7, 11) is 0. The number of nitrogens with zero attached hydrogens (tertiary/aromatic N) is 3. The smallest absolute Gasteiger partial charge is 0.335 e. The molecule has 1 heterocycles. The van der Waals surface area contributed by atoms with Crippen LogP contribution in [0, 0.1) is 0 Å². The van der Waals surface area contributed by atoms with E-state index >= 15 is 0 Å². The Hall–Kier alpha value is -1.88. The van der Waals surface area contributed by atoms with Crippen molar-refractivity contribution < 1.29 is 9.90 Å². The van der Waals surface area contributed by atoms with E-state index in [0.29, 0.717) is 5.56 Å². The molecule has 0 spiro atoms. The predicted molar refractivity (Wildman–Crippen MR) is 77.0 cm³/mol. The average molecular weight is 273 g/mol. The Bertz CT molecular complexity index is 631. The Kier molecular flexibility index (Phi) is 3.44. The summed E-state index contributed by atoms with van der Waals surface area (Å²) in [5, 5.41) is 9.07. The molecule has 3 rings (SSSR count). The lowest BCUT2D eigenvalue weighted by Crippen LogP contribution is -2.29. The number of benzene rings is 1. The van der Waals surface area contributed by atoms with Crippen LogP contribution in [0.15, 0.2) is 24.5 Å². The van der Waals surface area contributed by atoms with Crippen molar-refractivity contribution in [2.75, 3.05) is 13.1 Å². The lowest BCUT2D eigenvalue weighted by Gasteiger charge is -2.20. The number of carboxylic acid groups (broad SMARTS) is 1. The van der Waals surface area contributed by atoms with Crippen molar-refractivity contribution in [3.8, 4) is 0 Å². The highest BCUT2D eigenvalue weighted by Gasteiger charge is 2.27. The van der Waals surface area contributed by atoms with Gasteiger partial charge in [-0.15, -0.1) is 0 Å². The largest absolute Gasteiger partial charge is 0.478 e. The molecule has 1 aliphatic carbocycles. The fraction of sp³-hybridized carbons (Fsp3) is 0.467. The quantitative estimate of drug-likeness (QED) is 0.876. The molecular formula is C15H19N3O2. The van der Waals surface area contributed by atoms with Crippen LogP contribution in [-0.2, 0) is 6.54 Å². The minimum absolute atomic E-state index is 0.314. The van der Waals surface area contributed by atoms with Gasteiger partial charge in [-0.3, -0.25) is 4.90 Å². The second-order valence-corrected chi connectivity index (χ2v) is 5.31. The van der Waals surface area contributed by atoms with Crippen LogP contribution in [0.5, 0.6) is 0 Å². The number of imidazole rings is 1. The third-order valence-corrected chi connectivity index (χ3v) is 3.97. The summed E-state index contributed by atoms with van der Waals surface area (Å²) < 4.78 is 2.05. The van der Waals surface area contributed by atoms with Crippen LogP contribution in [0.4, 0.5) is 0 Å². The molecule has 0 bridgehead atoms. The summed E-state index contributed by atoms with van der Waals surface area (Å²) >= 11 is 0. The molecule has 1 fully saturated rings. The van der Waals surface area contributed by atoms with E-state index in [4.69, 9.17) is 5.11 Å². The predicted octanol–water partition coefficient (Wildman–Crippen LogP) is 2.22. The third kappa shape index (κ3) is 2.54. The van der Waals surface area contributed by atoms with Crippen LogP contribution < -0.4 is 0 Å². The zero-order valence-electron chi connectivity index (χ0n) is 11.6. The number of carboxylic acids is 1. The molecule has 1 aromatic heterocycles. The molecule has 5 nitrogen and oxygen atoms in total. The topological polar surface area (TPSA) is 58.4 Å². The van der Waals surface area contributed by atoms with Gasteiger partial charge in [-0.2, -0.15) is 0 Å². The van der Waals surface area contributed by atoms with Crippen LogP contribution in [0.25, 0.3) is 11.0 Å². The molecule has 0 amide bonds. The normalized spacial score (nSPS) is 15.1. The summed E-state index contributed by atoms with van der Waals surface area (Å²) in [6.07, 6.45) is 4.42. The zero-order chi connectivity index (χ0) is 14.1. The Morgan fingerprint density at radius 3 is 2.95 bits per heavy atom. The number of likely N-dealkylation sites (N-methyl/N-ethyl adjacent to an activating group) is 1. The number of fused-ring (bicyclic) bond motifs is 1. The van der Waals surface area contributed by atoms with Gasteiger partial charge in [0.15, 0.2) is 0 Å².